The first-order valence-corrected chi connectivity index (χ1v) is 7.51. The Hall–Kier alpha value is -2.28. The van der Waals surface area contributed by atoms with E-state index in [0.29, 0.717) is 37.6 Å². The number of hydrogen-bond acceptors (Lipinski definition) is 6. The average molecular weight is 323 g/mol. The van der Waals surface area contributed by atoms with Crippen LogP contribution in [0.25, 0.3) is 0 Å². The normalized spacial score (nSPS) is 15.4. The molecule has 0 spiro atoms. The zero-order chi connectivity index (χ0) is 16.7. The highest BCUT2D eigenvalue weighted by molar-refractivity contribution is 5.75. The topological polar surface area (TPSA) is 83.1 Å². The maximum atomic E-state index is 11.6. The Bertz CT molecular complexity index is 547. The first kappa shape index (κ1) is 17.1. The molecule has 2 rings (SSSR count). The van der Waals surface area contributed by atoms with Gasteiger partial charge in [0.2, 0.25) is 5.91 Å². The fraction of sp³-hybridized carbons (Fsp3) is 0.500. The van der Waals surface area contributed by atoms with Crippen LogP contribution >= 0.6 is 0 Å². The predicted octanol–water partition coefficient (Wildman–Crippen LogP) is 1.56. The summed E-state index contributed by atoms with van der Waals surface area (Å²) in [5, 5.41) is 2.86. The molecule has 2 atom stereocenters. The van der Waals surface area contributed by atoms with Crippen LogP contribution in [0.1, 0.15) is 31.9 Å². The average Bonchev–Trinajstić information content (AvgIpc) is 2.58. The van der Waals surface area contributed by atoms with Gasteiger partial charge < -0.3 is 24.3 Å². The van der Waals surface area contributed by atoms with Crippen LogP contribution in [-0.2, 0) is 19.1 Å². The molecular formula is C16H21NO6. The molecule has 1 amide bonds. The Morgan fingerprint density at radius 2 is 2.09 bits per heavy atom. The molecule has 23 heavy (non-hydrogen) atoms. The van der Waals surface area contributed by atoms with Crippen molar-refractivity contribution in [3.05, 3.63) is 23.8 Å². The molecule has 0 aromatic heterocycles. The van der Waals surface area contributed by atoms with Crippen LogP contribution in [-0.4, -0.2) is 38.4 Å². The van der Waals surface area contributed by atoms with Gasteiger partial charge in [-0.15, -0.1) is 0 Å². The van der Waals surface area contributed by atoms with Crippen LogP contribution in [0, 0.1) is 0 Å². The summed E-state index contributed by atoms with van der Waals surface area (Å²) < 4.78 is 21.3. The summed E-state index contributed by atoms with van der Waals surface area (Å²) >= 11 is 0. The van der Waals surface area contributed by atoms with Gasteiger partial charge in [-0.1, -0.05) is 13.0 Å². The van der Waals surface area contributed by atoms with Gasteiger partial charge in [0.05, 0.1) is 6.04 Å². The van der Waals surface area contributed by atoms with E-state index in [1.807, 2.05) is 19.1 Å². The van der Waals surface area contributed by atoms with E-state index in [-0.39, 0.29) is 18.7 Å². The van der Waals surface area contributed by atoms with Gasteiger partial charge in [0.15, 0.2) is 18.3 Å². The summed E-state index contributed by atoms with van der Waals surface area (Å²) in [5.74, 6) is 1.22. The van der Waals surface area contributed by atoms with Crippen LogP contribution in [0.4, 0.5) is 0 Å². The Kier molecular flexibility index (Phi) is 6.22. The molecule has 1 aromatic rings. The van der Waals surface area contributed by atoms with Crippen LogP contribution in [0.2, 0.25) is 0 Å². The third-order valence-electron chi connectivity index (χ3n) is 3.44. The van der Waals surface area contributed by atoms with Crippen molar-refractivity contribution >= 4 is 12.4 Å². The number of rotatable bonds is 8. The number of carbonyl (C=O) groups excluding carboxylic acids is 2. The van der Waals surface area contributed by atoms with Gasteiger partial charge in [-0.2, -0.15) is 0 Å². The first-order chi connectivity index (χ1) is 11.2. The van der Waals surface area contributed by atoms with Crippen LogP contribution in [0.3, 0.4) is 0 Å². The highest BCUT2D eigenvalue weighted by Crippen LogP contribution is 2.34. The molecular weight excluding hydrogens is 302 g/mol. The molecule has 1 aliphatic rings. The minimum Gasteiger partial charge on any atom is -0.486 e. The smallest absolute Gasteiger partial charge is 0.295 e. The molecule has 0 bridgehead atoms. The third-order valence-corrected chi connectivity index (χ3v) is 3.44. The number of amides is 1. The summed E-state index contributed by atoms with van der Waals surface area (Å²) in [5.41, 5.74) is 0.799. The fourth-order valence-corrected chi connectivity index (χ4v) is 2.34. The van der Waals surface area contributed by atoms with Crippen LogP contribution in [0.5, 0.6) is 11.5 Å². The lowest BCUT2D eigenvalue weighted by atomic mass is 10.0. The Labute approximate surface area is 134 Å². The van der Waals surface area contributed by atoms with Gasteiger partial charge in [0.25, 0.3) is 6.47 Å². The predicted molar refractivity (Wildman–Crippen MR) is 81.2 cm³/mol. The summed E-state index contributed by atoms with van der Waals surface area (Å²) in [7, 11) is 0. The summed E-state index contributed by atoms with van der Waals surface area (Å²) in [4.78, 5) is 21.9. The molecule has 0 saturated heterocycles. The van der Waals surface area contributed by atoms with Crippen LogP contribution < -0.4 is 14.8 Å². The summed E-state index contributed by atoms with van der Waals surface area (Å²) in [6.07, 6.45) is -0.107. The number of benzene rings is 1. The highest BCUT2D eigenvalue weighted by atomic mass is 16.7. The second-order valence-corrected chi connectivity index (χ2v) is 5.08. The highest BCUT2D eigenvalue weighted by Gasteiger charge is 2.24. The van der Waals surface area contributed by atoms with Crippen molar-refractivity contribution in [2.45, 2.75) is 32.4 Å². The molecule has 1 heterocycles. The maximum absolute atomic E-state index is 11.6. The van der Waals surface area contributed by atoms with E-state index in [1.165, 1.54) is 0 Å². The van der Waals surface area contributed by atoms with Gasteiger partial charge in [0, 0.05) is 6.42 Å². The molecule has 7 nitrogen and oxygen atoms in total. The summed E-state index contributed by atoms with van der Waals surface area (Å²) in [6.45, 7) is 4.72. The lowest BCUT2D eigenvalue weighted by Gasteiger charge is -2.26. The summed E-state index contributed by atoms with van der Waals surface area (Å²) in [6, 6.07) is 5.15. The Morgan fingerprint density at radius 1 is 1.35 bits per heavy atom. The Morgan fingerprint density at radius 3 is 2.78 bits per heavy atom. The fourth-order valence-electron chi connectivity index (χ4n) is 2.34. The zero-order valence-electron chi connectivity index (χ0n) is 13.2. The van der Waals surface area contributed by atoms with E-state index in [9.17, 15) is 9.59 Å². The van der Waals surface area contributed by atoms with Gasteiger partial charge in [0.1, 0.15) is 19.3 Å². The molecule has 1 aromatic carbocycles. The lowest BCUT2D eigenvalue weighted by molar-refractivity contribution is -0.148. The van der Waals surface area contributed by atoms with Crippen molar-refractivity contribution in [1.82, 2.24) is 5.32 Å². The van der Waals surface area contributed by atoms with Crippen molar-refractivity contribution < 1.29 is 28.5 Å². The monoisotopic (exact) mass is 323 g/mol. The quantitative estimate of drug-likeness (QED) is 0.444. The third kappa shape index (κ3) is 4.59. The van der Waals surface area contributed by atoms with E-state index in [0.717, 1.165) is 5.56 Å². The molecule has 0 radical (unpaired) electrons. The van der Waals surface area contributed by atoms with Crippen molar-refractivity contribution in [3.63, 3.8) is 0 Å². The minimum atomic E-state index is -0.485. The van der Waals surface area contributed by atoms with E-state index >= 15 is 0 Å². The zero-order valence-corrected chi connectivity index (χ0v) is 13.2. The number of fused-ring (bicyclic) bond motifs is 1. The first-order valence-electron chi connectivity index (χ1n) is 7.51. The molecule has 1 N–H and O–H groups in total. The standard InChI is InChI=1S/C16H21NO6/c1-3-15(19)17-11(2)16(23-10-20-9-18)12-4-5-13-14(8-12)22-7-6-21-13/h4-5,8-9,11,16H,3,6-7,10H2,1-2H3,(H,17,19). The second-order valence-electron chi connectivity index (χ2n) is 5.08. The number of carbonyl (C=O) groups is 2. The SMILES string of the molecule is CCC(=O)NC(C)C(OCOC=O)c1ccc2c(c1)OCCO2. The molecule has 0 saturated carbocycles. The molecule has 1 aliphatic heterocycles. The minimum absolute atomic E-state index is 0.0834. The van der Waals surface area contributed by atoms with Gasteiger partial charge in [-0.25, -0.2) is 0 Å². The van der Waals surface area contributed by atoms with E-state index in [4.69, 9.17) is 14.2 Å². The lowest BCUT2D eigenvalue weighted by Crippen LogP contribution is -2.38. The molecule has 7 heteroatoms. The largest absolute Gasteiger partial charge is 0.486 e. The van der Waals surface area contributed by atoms with E-state index in [1.54, 1.807) is 13.0 Å². The second kappa shape index (κ2) is 8.38. The molecule has 126 valence electrons. The maximum Gasteiger partial charge on any atom is 0.295 e. The van der Waals surface area contributed by atoms with Crippen molar-refractivity contribution in [2.75, 3.05) is 20.0 Å². The molecule has 2 unspecified atom stereocenters. The van der Waals surface area contributed by atoms with Crippen molar-refractivity contribution in [2.24, 2.45) is 0 Å². The number of ether oxygens (including phenoxy) is 4. The van der Waals surface area contributed by atoms with E-state index in [2.05, 4.69) is 10.1 Å². The van der Waals surface area contributed by atoms with Crippen molar-refractivity contribution in [3.8, 4) is 11.5 Å². The molecule has 0 fully saturated rings. The van der Waals surface area contributed by atoms with Gasteiger partial charge >= 0.3 is 0 Å². The van der Waals surface area contributed by atoms with E-state index < -0.39 is 6.10 Å². The van der Waals surface area contributed by atoms with Crippen LogP contribution in [0.15, 0.2) is 18.2 Å². The Balaban J connectivity index is 2.17. The number of nitrogens with one attached hydrogen (secondary N) is 1. The number of hydrogen-bond donors (Lipinski definition) is 1. The molecule has 0 aliphatic carbocycles. The van der Waals surface area contributed by atoms with Crippen molar-refractivity contribution in [1.29, 1.82) is 0 Å². The van der Waals surface area contributed by atoms with Gasteiger partial charge in [-0.3, -0.25) is 9.59 Å². The van der Waals surface area contributed by atoms with Gasteiger partial charge in [-0.05, 0) is 24.6 Å².